The van der Waals surface area contributed by atoms with E-state index in [0.29, 0.717) is 0 Å². The third-order valence-corrected chi connectivity index (χ3v) is 7.35. The maximum absolute atomic E-state index is 13.3. The SMILES string of the molecule is O=c1cc(-c2ccc(O)cc2)oc2c(O[C@@H]3O[C@H](CO)[C@@H](O)[C@@H](O)[C@H]3O)c(O)c(O[C@@H]3O[C@H](CO)[C@@H](O)[C@@H](O)[C@@H]3O)c(O)c12. The van der Waals surface area contributed by atoms with E-state index in [1.807, 2.05) is 0 Å². The Morgan fingerprint density at radius 1 is 0.659 bits per heavy atom. The van der Waals surface area contributed by atoms with Gasteiger partial charge in [0.15, 0.2) is 16.8 Å². The highest BCUT2D eigenvalue weighted by molar-refractivity contribution is 5.95. The van der Waals surface area contributed by atoms with Crippen molar-refractivity contribution in [1.82, 2.24) is 0 Å². The van der Waals surface area contributed by atoms with Gasteiger partial charge in [-0.25, -0.2) is 0 Å². The zero-order chi connectivity index (χ0) is 32.0. The third kappa shape index (κ3) is 5.50. The summed E-state index contributed by atoms with van der Waals surface area (Å²) in [6.07, 6.45) is -18.2. The molecule has 0 aliphatic carbocycles. The molecule has 5 rings (SSSR count). The zero-order valence-electron chi connectivity index (χ0n) is 22.4. The average molecular weight is 627 g/mol. The Morgan fingerprint density at radius 3 is 1.66 bits per heavy atom. The number of aliphatic hydroxyl groups is 8. The van der Waals surface area contributed by atoms with Crippen molar-refractivity contribution in [2.75, 3.05) is 13.2 Å². The number of hydrogen-bond donors (Lipinski definition) is 11. The molecule has 0 radical (unpaired) electrons. The van der Waals surface area contributed by atoms with Crippen molar-refractivity contribution < 1.29 is 79.5 Å². The number of aromatic hydroxyl groups is 3. The molecule has 17 heteroatoms. The number of fused-ring (bicyclic) bond motifs is 1. The van der Waals surface area contributed by atoms with Crippen molar-refractivity contribution in [2.45, 2.75) is 61.4 Å². The minimum atomic E-state index is -2.01. The highest BCUT2D eigenvalue weighted by Gasteiger charge is 2.47. The molecular weight excluding hydrogens is 596 g/mol. The van der Waals surface area contributed by atoms with E-state index in [2.05, 4.69) is 0 Å². The summed E-state index contributed by atoms with van der Waals surface area (Å²) in [5.41, 5.74) is -1.33. The Bertz CT molecular complexity index is 1540. The number of benzene rings is 2. The summed E-state index contributed by atoms with van der Waals surface area (Å²) in [7, 11) is 0. The summed E-state index contributed by atoms with van der Waals surface area (Å²) in [5.74, 6) is -4.28. The minimum absolute atomic E-state index is 0.103. The van der Waals surface area contributed by atoms with Gasteiger partial charge in [0.05, 0.1) is 13.2 Å². The molecule has 0 saturated carbocycles. The van der Waals surface area contributed by atoms with Crippen LogP contribution in [0.5, 0.6) is 28.7 Å². The second kappa shape index (κ2) is 12.3. The van der Waals surface area contributed by atoms with Gasteiger partial charge in [-0.15, -0.1) is 0 Å². The van der Waals surface area contributed by atoms with Crippen LogP contribution in [0.1, 0.15) is 0 Å². The van der Waals surface area contributed by atoms with Gasteiger partial charge in [0.2, 0.25) is 29.8 Å². The average Bonchev–Trinajstić information content (AvgIpc) is 3.01. The first-order chi connectivity index (χ1) is 20.9. The van der Waals surface area contributed by atoms with Crippen LogP contribution in [-0.2, 0) is 9.47 Å². The van der Waals surface area contributed by atoms with Crippen LogP contribution in [0.3, 0.4) is 0 Å². The number of ether oxygens (including phenoxy) is 4. The molecule has 3 aromatic rings. The van der Waals surface area contributed by atoms with Gasteiger partial charge in [0.25, 0.3) is 0 Å². The lowest BCUT2D eigenvalue weighted by atomic mass is 9.99. The first-order valence-corrected chi connectivity index (χ1v) is 13.2. The molecule has 0 spiro atoms. The van der Waals surface area contributed by atoms with Gasteiger partial charge in [-0.3, -0.25) is 4.79 Å². The van der Waals surface area contributed by atoms with Crippen LogP contribution in [0.2, 0.25) is 0 Å². The van der Waals surface area contributed by atoms with E-state index < -0.39 is 114 Å². The largest absolute Gasteiger partial charge is 0.508 e. The van der Waals surface area contributed by atoms with Crippen molar-refractivity contribution in [3.05, 3.63) is 40.6 Å². The Hall–Kier alpha value is -3.75. The summed E-state index contributed by atoms with van der Waals surface area (Å²) in [6.45, 7) is -1.67. The molecule has 0 amide bonds. The Morgan fingerprint density at radius 2 is 1.16 bits per heavy atom. The molecule has 0 bridgehead atoms. The fraction of sp³-hybridized carbons (Fsp3) is 0.444. The smallest absolute Gasteiger partial charge is 0.229 e. The predicted molar refractivity (Wildman–Crippen MR) is 142 cm³/mol. The first kappa shape index (κ1) is 31.7. The highest BCUT2D eigenvalue weighted by Crippen LogP contribution is 2.51. The van der Waals surface area contributed by atoms with Crippen LogP contribution in [-0.4, -0.2) is 131 Å². The quantitative estimate of drug-likeness (QED) is 0.124. The molecule has 10 atom stereocenters. The summed E-state index contributed by atoms with van der Waals surface area (Å²) in [5, 5.41) is 112. The highest BCUT2D eigenvalue weighted by atomic mass is 16.7. The molecular formula is C27H30O17. The zero-order valence-corrected chi connectivity index (χ0v) is 22.4. The van der Waals surface area contributed by atoms with Gasteiger partial charge >= 0.3 is 0 Å². The fourth-order valence-corrected chi connectivity index (χ4v) is 4.86. The maximum atomic E-state index is 13.3. The van der Waals surface area contributed by atoms with Gasteiger partial charge in [-0.1, -0.05) is 0 Å². The lowest BCUT2D eigenvalue weighted by molar-refractivity contribution is -0.279. The van der Waals surface area contributed by atoms with Gasteiger partial charge in [0, 0.05) is 11.6 Å². The number of hydrogen-bond acceptors (Lipinski definition) is 17. The van der Waals surface area contributed by atoms with E-state index in [1.54, 1.807) is 0 Å². The van der Waals surface area contributed by atoms with E-state index >= 15 is 0 Å². The Kier molecular flexibility index (Phi) is 8.87. The summed E-state index contributed by atoms with van der Waals surface area (Å²) in [4.78, 5) is 13.3. The normalized spacial score (nSPS) is 32.5. The molecule has 0 unspecified atom stereocenters. The topological polar surface area (TPSA) is 290 Å². The van der Waals surface area contributed by atoms with E-state index in [1.165, 1.54) is 24.3 Å². The van der Waals surface area contributed by atoms with Gasteiger partial charge < -0.3 is 79.5 Å². The summed E-state index contributed by atoms with van der Waals surface area (Å²) >= 11 is 0. The predicted octanol–water partition coefficient (Wildman–Crippen LogP) is -3.07. The van der Waals surface area contributed by atoms with Crippen LogP contribution in [0.25, 0.3) is 22.3 Å². The maximum Gasteiger partial charge on any atom is 0.229 e. The Balaban J connectivity index is 1.67. The first-order valence-electron chi connectivity index (χ1n) is 13.2. The van der Waals surface area contributed by atoms with Gasteiger partial charge in [0.1, 0.15) is 65.7 Å². The molecule has 3 heterocycles. The second-order valence-corrected chi connectivity index (χ2v) is 10.2. The van der Waals surface area contributed by atoms with Gasteiger partial charge in [-0.2, -0.15) is 0 Å². The summed E-state index contributed by atoms with van der Waals surface area (Å²) in [6, 6.07) is 6.29. The molecule has 2 saturated heterocycles. The van der Waals surface area contributed by atoms with E-state index in [-0.39, 0.29) is 17.1 Å². The van der Waals surface area contributed by atoms with Crippen LogP contribution >= 0.6 is 0 Å². The van der Waals surface area contributed by atoms with Gasteiger partial charge in [-0.05, 0) is 24.3 Å². The molecule has 2 aliphatic rings. The van der Waals surface area contributed by atoms with Crippen LogP contribution in [0, 0.1) is 0 Å². The monoisotopic (exact) mass is 626 g/mol. The van der Waals surface area contributed by atoms with Crippen LogP contribution in [0.4, 0.5) is 0 Å². The Labute approximate surface area is 246 Å². The molecule has 2 aromatic carbocycles. The summed E-state index contributed by atoms with van der Waals surface area (Å²) < 4.78 is 27.5. The van der Waals surface area contributed by atoms with Crippen molar-refractivity contribution in [1.29, 1.82) is 0 Å². The van der Waals surface area contributed by atoms with Crippen LogP contribution < -0.4 is 14.9 Å². The lowest BCUT2D eigenvalue weighted by Gasteiger charge is -2.40. The number of aliphatic hydroxyl groups excluding tert-OH is 8. The molecule has 1 aromatic heterocycles. The van der Waals surface area contributed by atoms with E-state index in [4.69, 9.17) is 23.4 Å². The van der Waals surface area contributed by atoms with E-state index in [9.17, 15) is 61.0 Å². The molecule has 11 N–H and O–H groups in total. The second-order valence-electron chi connectivity index (χ2n) is 10.2. The van der Waals surface area contributed by atoms with E-state index in [0.717, 1.165) is 6.07 Å². The minimum Gasteiger partial charge on any atom is -0.508 e. The van der Waals surface area contributed by atoms with Crippen molar-refractivity contribution in [3.63, 3.8) is 0 Å². The number of phenolic OH excluding ortho intramolecular Hbond substituents is 3. The number of rotatable bonds is 7. The molecule has 2 fully saturated rings. The fourth-order valence-electron chi connectivity index (χ4n) is 4.86. The molecule has 2 aliphatic heterocycles. The molecule has 44 heavy (non-hydrogen) atoms. The van der Waals surface area contributed by atoms with Crippen molar-refractivity contribution >= 4 is 11.0 Å². The molecule has 240 valence electrons. The van der Waals surface area contributed by atoms with Crippen LogP contribution in [0.15, 0.2) is 39.5 Å². The third-order valence-electron chi connectivity index (χ3n) is 7.35. The lowest BCUT2D eigenvalue weighted by Crippen LogP contribution is -2.60. The standard InChI is InChI=1S/C27H30O17/c28-6-12-15(32)18(35)20(37)26(41-12)43-24-17(34)14-10(31)5-11(8-1-3-9(30)4-2-8)40-23(14)25(22(24)39)44-27-21(38)19(36)16(33)13(7-29)42-27/h1-5,12-13,15-16,18-21,26-30,32-39H,6-7H2/t12-,13-,15-,16-,18-,19-,20+,21-,26+,27+/m1/s1. The number of phenols is 3. The molecule has 17 nitrogen and oxygen atoms in total. The van der Waals surface area contributed by atoms with Crippen molar-refractivity contribution in [2.24, 2.45) is 0 Å². The van der Waals surface area contributed by atoms with Crippen molar-refractivity contribution in [3.8, 4) is 40.1 Å².